The van der Waals surface area contributed by atoms with E-state index in [1.807, 2.05) is 48.5 Å². The SMILES string of the molecule is CCCOc1ccc(C(=O)[C@H](C[C@@H](CN2CCCCCC2)C(=O)c2ccc(OCCC)cc2)CN2CCCCCC2)cc1. The van der Waals surface area contributed by atoms with Crippen LogP contribution in [-0.4, -0.2) is 73.8 Å². The minimum absolute atomic E-state index is 0.142. The van der Waals surface area contributed by atoms with Crippen molar-refractivity contribution in [3.05, 3.63) is 59.7 Å². The first kappa shape index (κ1) is 33.2. The molecule has 2 aliphatic rings. The van der Waals surface area contributed by atoms with Gasteiger partial charge in [-0.2, -0.15) is 0 Å². The molecule has 2 heterocycles. The summed E-state index contributed by atoms with van der Waals surface area (Å²) in [6.45, 7) is 11.0. The van der Waals surface area contributed by atoms with Gasteiger partial charge in [-0.15, -0.1) is 0 Å². The highest BCUT2D eigenvalue weighted by Gasteiger charge is 2.32. The van der Waals surface area contributed by atoms with Crippen molar-refractivity contribution in [3.8, 4) is 11.5 Å². The van der Waals surface area contributed by atoms with Crippen LogP contribution in [0, 0.1) is 11.8 Å². The first-order chi connectivity index (χ1) is 21.1. The average Bonchev–Trinajstić information content (AvgIpc) is 3.47. The first-order valence-electron chi connectivity index (χ1n) is 17.1. The molecule has 2 saturated heterocycles. The Balaban J connectivity index is 1.58. The Morgan fingerprint density at radius 1 is 0.581 bits per heavy atom. The molecule has 6 heteroatoms. The Bertz CT molecular complexity index is 997. The number of carbonyl (C=O) groups is 2. The fraction of sp³-hybridized carbons (Fsp3) is 0.622. The normalized spacial score (nSPS) is 18.3. The number of ether oxygens (including phenoxy) is 2. The van der Waals surface area contributed by atoms with Crippen molar-refractivity contribution in [2.75, 3.05) is 52.5 Å². The number of hydrogen-bond acceptors (Lipinski definition) is 6. The van der Waals surface area contributed by atoms with E-state index in [0.29, 0.717) is 43.9 Å². The van der Waals surface area contributed by atoms with Crippen LogP contribution >= 0.6 is 0 Å². The van der Waals surface area contributed by atoms with Gasteiger partial charge in [0.1, 0.15) is 11.5 Å². The Hall–Kier alpha value is -2.70. The van der Waals surface area contributed by atoms with Crippen LogP contribution in [-0.2, 0) is 0 Å². The van der Waals surface area contributed by atoms with Crippen molar-refractivity contribution < 1.29 is 19.1 Å². The number of nitrogens with zero attached hydrogens (tertiary/aromatic N) is 2. The zero-order chi connectivity index (χ0) is 30.3. The zero-order valence-corrected chi connectivity index (χ0v) is 26.7. The number of ketones is 2. The lowest BCUT2D eigenvalue weighted by Gasteiger charge is -2.31. The van der Waals surface area contributed by atoms with Gasteiger partial charge in [-0.05, 0) is 120 Å². The van der Waals surface area contributed by atoms with E-state index in [4.69, 9.17) is 9.47 Å². The fourth-order valence-corrected chi connectivity index (χ4v) is 6.48. The van der Waals surface area contributed by atoms with E-state index in [9.17, 15) is 9.59 Å². The van der Waals surface area contributed by atoms with E-state index >= 15 is 0 Å². The third-order valence-electron chi connectivity index (χ3n) is 8.89. The lowest BCUT2D eigenvalue weighted by atomic mass is 9.83. The molecule has 0 bridgehead atoms. The first-order valence-corrected chi connectivity index (χ1v) is 17.1. The fourth-order valence-electron chi connectivity index (χ4n) is 6.48. The summed E-state index contributed by atoms with van der Waals surface area (Å²) in [5.41, 5.74) is 1.42. The molecule has 2 aliphatic heterocycles. The molecular formula is C37H54N2O4. The summed E-state index contributed by atoms with van der Waals surface area (Å²) >= 11 is 0. The van der Waals surface area contributed by atoms with E-state index in [0.717, 1.165) is 50.5 Å². The molecule has 43 heavy (non-hydrogen) atoms. The van der Waals surface area contributed by atoms with E-state index in [-0.39, 0.29) is 23.4 Å². The standard InChI is InChI=1S/C37H54N2O4/c1-3-25-42-34-17-13-30(14-18-34)36(40)32(28-38-21-9-5-6-10-22-38)27-33(29-39-23-11-7-8-12-24-39)37(41)31-15-19-35(20-16-31)43-26-4-2/h13-20,32-33H,3-12,21-29H2,1-2H3/t32-,33+. The number of hydrogen-bond donors (Lipinski definition) is 0. The molecule has 0 unspecified atom stereocenters. The summed E-state index contributed by atoms with van der Waals surface area (Å²) in [5.74, 6) is 1.39. The molecule has 0 aliphatic carbocycles. The van der Waals surface area contributed by atoms with Crippen LogP contribution in [0.3, 0.4) is 0 Å². The Kier molecular flexibility index (Phi) is 14.0. The summed E-state index contributed by atoms with van der Waals surface area (Å²) in [6, 6.07) is 15.3. The maximum atomic E-state index is 14.2. The second-order valence-electron chi connectivity index (χ2n) is 12.5. The van der Waals surface area contributed by atoms with Crippen LogP contribution in [0.15, 0.2) is 48.5 Å². The molecule has 2 atom stereocenters. The number of carbonyl (C=O) groups excluding carboxylic acids is 2. The molecule has 0 N–H and O–H groups in total. The van der Waals surface area contributed by atoms with Crippen molar-refractivity contribution in [1.29, 1.82) is 0 Å². The minimum Gasteiger partial charge on any atom is -0.494 e. The Morgan fingerprint density at radius 2 is 0.930 bits per heavy atom. The van der Waals surface area contributed by atoms with E-state index in [1.165, 1.54) is 51.4 Å². The van der Waals surface area contributed by atoms with E-state index < -0.39 is 0 Å². The highest BCUT2D eigenvalue weighted by Crippen LogP contribution is 2.27. The second kappa shape index (κ2) is 18.2. The molecule has 0 aromatic heterocycles. The van der Waals surface area contributed by atoms with Crippen molar-refractivity contribution in [3.63, 3.8) is 0 Å². The van der Waals surface area contributed by atoms with Crippen LogP contribution in [0.25, 0.3) is 0 Å². The van der Waals surface area contributed by atoms with Crippen LogP contribution < -0.4 is 9.47 Å². The van der Waals surface area contributed by atoms with Gasteiger partial charge in [0.25, 0.3) is 0 Å². The lowest BCUT2D eigenvalue weighted by molar-refractivity contribution is 0.0775. The summed E-state index contributed by atoms with van der Waals surface area (Å²) in [7, 11) is 0. The lowest BCUT2D eigenvalue weighted by Crippen LogP contribution is -2.39. The molecule has 0 amide bonds. The average molecular weight is 591 g/mol. The maximum absolute atomic E-state index is 14.2. The summed E-state index contributed by atoms with van der Waals surface area (Å²) < 4.78 is 11.6. The molecule has 236 valence electrons. The summed E-state index contributed by atoms with van der Waals surface area (Å²) in [4.78, 5) is 33.4. The maximum Gasteiger partial charge on any atom is 0.167 e. The largest absolute Gasteiger partial charge is 0.494 e. The van der Waals surface area contributed by atoms with Gasteiger partial charge in [-0.25, -0.2) is 0 Å². The van der Waals surface area contributed by atoms with Gasteiger partial charge >= 0.3 is 0 Å². The van der Waals surface area contributed by atoms with Crippen LogP contribution in [0.2, 0.25) is 0 Å². The number of benzene rings is 2. The Morgan fingerprint density at radius 3 is 1.26 bits per heavy atom. The third kappa shape index (κ3) is 10.8. The van der Waals surface area contributed by atoms with Gasteiger partial charge in [-0.3, -0.25) is 9.59 Å². The number of Topliss-reactive ketones (excluding diaryl/α,β-unsaturated/α-hetero) is 2. The molecule has 2 aromatic carbocycles. The van der Waals surface area contributed by atoms with Crippen LogP contribution in [0.1, 0.15) is 105 Å². The molecule has 0 saturated carbocycles. The molecule has 0 spiro atoms. The Labute approximate surface area is 260 Å². The molecule has 2 fully saturated rings. The van der Waals surface area contributed by atoms with E-state index in [2.05, 4.69) is 23.6 Å². The highest BCUT2D eigenvalue weighted by molar-refractivity contribution is 6.00. The van der Waals surface area contributed by atoms with Gasteiger partial charge in [-0.1, -0.05) is 39.5 Å². The number of rotatable bonds is 16. The topological polar surface area (TPSA) is 59.1 Å². The van der Waals surface area contributed by atoms with Gasteiger partial charge in [0, 0.05) is 36.1 Å². The van der Waals surface area contributed by atoms with Gasteiger partial charge in [0.15, 0.2) is 11.6 Å². The molecule has 4 rings (SSSR count). The molecule has 6 nitrogen and oxygen atoms in total. The van der Waals surface area contributed by atoms with Crippen molar-refractivity contribution in [1.82, 2.24) is 9.80 Å². The predicted octanol–water partition coefficient (Wildman–Crippen LogP) is 7.70. The second-order valence-corrected chi connectivity index (χ2v) is 12.5. The molecular weight excluding hydrogens is 536 g/mol. The van der Waals surface area contributed by atoms with Crippen LogP contribution in [0.5, 0.6) is 11.5 Å². The zero-order valence-electron chi connectivity index (χ0n) is 26.7. The highest BCUT2D eigenvalue weighted by atomic mass is 16.5. The van der Waals surface area contributed by atoms with Crippen LogP contribution in [0.4, 0.5) is 0 Å². The van der Waals surface area contributed by atoms with Crippen molar-refractivity contribution in [2.45, 2.75) is 84.5 Å². The van der Waals surface area contributed by atoms with Crippen molar-refractivity contribution >= 4 is 11.6 Å². The number of likely N-dealkylation sites (tertiary alicyclic amines) is 2. The third-order valence-corrected chi connectivity index (χ3v) is 8.89. The summed E-state index contributed by atoms with van der Waals surface area (Å²) in [6.07, 6.45) is 12.2. The van der Waals surface area contributed by atoms with E-state index in [1.54, 1.807) is 0 Å². The van der Waals surface area contributed by atoms with Gasteiger partial charge in [0.2, 0.25) is 0 Å². The monoisotopic (exact) mass is 590 g/mol. The minimum atomic E-state index is -0.242. The predicted molar refractivity (Wildman–Crippen MR) is 175 cm³/mol. The van der Waals surface area contributed by atoms with Gasteiger partial charge in [0.05, 0.1) is 13.2 Å². The smallest absolute Gasteiger partial charge is 0.167 e. The molecule has 0 radical (unpaired) electrons. The molecule has 2 aromatic rings. The van der Waals surface area contributed by atoms with Gasteiger partial charge < -0.3 is 19.3 Å². The quantitative estimate of drug-likeness (QED) is 0.187. The van der Waals surface area contributed by atoms with Crippen molar-refractivity contribution in [2.24, 2.45) is 11.8 Å². The summed E-state index contributed by atoms with van der Waals surface area (Å²) in [5, 5.41) is 0.